The van der Waals surface area contributed by atoms with Gasteiger partial charge in [-0.1, -0.05) is 77.4 Å². The van der Waals surface area contributed by atoms with Gasteiger partial charge in [0.15, 0.2) is 23.0 Å². The molecule has 5 aliphatic rings. The van der Waals surface area contributed by atoms with Crippen LogP contribution in [-0.2, 0) is 45.1 Å². The molecule has 2 atom stereocenters. The monoisotopic (exact) mass is 1140 g/mol. The predicted octanol–water partition coefficient (Wildman–Crippen LogP) is 11.1. The summed E-state index contributed by atoms with van der Waals surface area (Å²) >= 11 is 0. The zero-order valence-electron chi connectivity index (χ0n) is 47.1. The highest BCUT2D eigenvalue weighted by atomic mass is 33.1. The topological polar surface area (TPSA) is 162 Å². The van der Waals surface area contributed by atoms with E-state index in [-0.39, 0.29) is 47.8 Å². The molecule has 0 saturated heterocycles. The molecule has 0 aromatic heterocycles. The summed E-state index contributed by atoms with van der Waals surface area (Å²) in [6.07, 6.45) is 9.05. The number of fused-ring (bicyclic) bond motifs is 8. The zero-order chi connectivity index (χ0) is 56.5. The van der Waals surface area contributed by atoms with Gasteiger partial charge in [0.25, 0.3) is 11.8 Å². The van der Waals surface area contributed by atoms with Crippen molar-refractivity contribution in [2.75, 3.05) is 93.2 Å². The number of nitrogens with one attached hydrogen (secondary N) is 2. The number of benzene rings is 5. The summed E-state index contributed by atoms with van der Waals surface area (Å²) in [4.78, 5) is 52.2. The summed E-state index contributed by atoms with van der Waals surface area (Å²) in [5.41, 5.74) is 9.30. The van der Waals surface area contributed by atoms with Gasteiger partial charge in [0.1, 0.15) is 13.2 Å². The lowest BCUT2D eigenvalue weighted by Crippen LogP contribution is -2.38. The highest BCUT2D eigenvalue weighted by Crippen LogP contribution is 2.45. The van der Waals surface area contributed by atoms with Crippen LogP contribution in [0.25, 0.3) is 0 Å². The highest BCUT2D eigenvalue weighted by Gasteiger charge is 2.40. The number of carbonyl (C=O) groups is 3. The van der Waals surface area contributed by atoms with Crippen molar-refractivity contribution in [3.63, 3.8) is 0 Å². The number of aliphatic imine (C=N–C) groups is 1. The Bertz CT molecular complexity index is 3130. The van der Waals surface area contributed by atoms with Gasteiger partial charge < -0.3 is 48.7 Å². The first-order chi connectivity index (χ1) is 39.4. The van der Waals surface area contributed by atoms with Crippen LogP contribution in [0.5, 0.6) is 23.0 Å². The van der Waals surface area contributed by atoms with Crippen LogP contribution in [-0.4, -0.2) is 120 Å². The summed E-state index contributed by atoms with van der Waals surface area (Å²) in [7, 11) is 8.41. The second-order valence-electron chi connectivity index (χ2n) is 21.6. The maximum Gasteiger partial charge on any atom is 0.261 e. The van der Waals surface area contributed by atoms with E-state index >= 15 is 0 Å². The smallest absolute Gasteiger partial charge is 0.261 e. The van der Waals surface area contributed by atoms with Gasteiger partial charge >= 0.3 is 0 Å². The van der Waals surface area contributed by atoms with Gasteiger partial charge in [-0.3, -0.25) is 29.2 Å². The van der Waals surface area contributed by atoms with E-state index < -0.39 is 0 Å². The first kappa shape index (κ1) is 57.5. The van der Waals surface area contributed by atoms with E-state index in [0.29, 0.717) is 123 Å². The molecule has 1 aliphatic carbocycles. The number of methoxy groups -OCH3 is 3. The Balaban J connectivity index is 0.919. The first-order valence-corrected chi connectivity index (χ1v) is 30.4. The Kier molecular flexibility index (Phi) is 18.8. The Morgan fingerprint density at radius 3 is 2.10 bits per heavy atom. The van der Waals surface area contributed by atoms with Crippen LogP contribution in [0.4, 0.5) is 28.4 Å². The van der Waals surface area contributed by atoms with Crippen molar-refractivity contribution in [2.24, 2.45) is 4.99 Å². The summed E-state index contributed by atoms with van der Waals surface area (Å²) in [5.74, 6) is 2.42. The van der Waals surface area contributed by atoms with Crippen molar-refractivity contribution in [1.29, 1.82) is 0 Å². The van der Waals surface area contributed by atoms with Crippen LogP contribution in [0.3, 0.4) is 0 Å². The van der Waals surface area contributed by atoms with Crippen molar-refractivity contribution >= 4 is 74.0 Å². The van der Waals surface area contributed by atoms with Crippen LogP contribution in [0.15, 0.2) is 108 Å². The number of nitrogens with zero attached hydrogens (tertiary/aromatic N) is 4. The third-order valence-electron chi connectivity index (χ3n) is 15.3. The molecule has 16 nitrogen and oxygen atoms in total. The van der Waals surface area contributed by atoms with Crippen molar-refractivity contribution < 1.29 is 47.5 Å². The number of hydrogen-bond acceptors (Lipinski definition) is 15. The van der Waals surface area contributed by atoms with Crippen LogP contribution in [0, 0.1) is 0 Å². The van der Waals surface area contributed by atoms with Crippen molar-refractivity contribution in [3.05, 3.63) is 137 Å². The minimum atomic E-state index is -0.248. The third-order valence-corrected chi connectivity index (χ3v) is 18.6. The summed E-state index contributed by atoms with van der Waals surface area (Å²) < 4.78 is 42.1. The van der Waals surface area contributed by atoms with E-state index in [0.717, 1.165) is 64.3 Å². The number of hydrogen-bond donors (Lipinski definition) is 2. The fraction of sp³-hybridized carbons (Fsp3) is 0.429. The lowest BCUT2D eigenvalue weighted by molar-refractivity contribution is -0.121. The number of anilines is 4. The average Bonchev–Trinajstić information content (AvgIpc) is 4.40. The van der Waals surface area contributed by atoms with Crippen LogP contribution in [0.1, 0.15) is 95.3 Å². The van der Waals surface area contributed by atoms with Gasteiger partial charge in [-0.15, -0.1) is 0 Å². The van der Waals surface area contributed by atoms with Crippen LogP contribution >= 0.6 is 21.6 Å². The maximum absolute atomic E-state index is 14.4. The number of rotatable bonds is 27. The molecule has 18 heteroatoms. The van der Waals surface area contributed by atoms with E-state index in [1.165, 1.54) is 12.8 Å². The molecule has 2 N–H and O–H groups in total. The SMILES string of the molecule is C=C1Nc2cc(OCc3cc(COc4cc5c(cc4OC)C(=O)N4c6ccccc6C[C@H]4C=N5)cc(N(CCOCCOCCOC)CC(C)(C)SSCCCC(=O)NC4CCCC4)c3)c(OC)cc2C(=O)N2c3ccccc3C[C@@H]12. The average molecular weight is 1140 g/mol. The maximum atomic E-state index is 14.4. The van der Waals surface area contributed by atoms with Gasteiger partial charge in [0.2, 0.25) is 5.91 Å². The molecule has 4 aliphatic heterocycles. The number of ether oxygens (including phenoxy) is 7. The Morgan fingerprint density at radius 2 is 1.40 bits per heavy atom. The minimum Gasteiger partial charge on any atom is -0.493 e. The highest BCUT2D eigenvalue weighted by molar-refractivity contribution is 8.77. The molecule has 1 fully saturated rings. The molecular formula is C63H74N6O10S2. The van der Waals surface area contributed by atoms with Gasteiger partial charge in [-0.2, -0.15) is 0 Å². The molecule has 428 valence electrons. The normalized spacial score (nSPS) is 17.1. The van der Waals surface area contributed by atoms with E-state index in [1.807, 2.05) is 69.3 Å². The summed E-state index contributed by atoms with van der Waals surface area (Å²) in [5, 5.41) is 6.69. The molecule has 10 rings (SSSR count). The molecular weight excluding hydrogens is 1060 g/mol. The summed E-state index contributed by atoms with van der Waals surface area (Å²) in [6, 6.07) is 29.2. The number of carbonyl (C=O) groups excluding carboxylic acids is 3. The van der Waals surface area contributed by atoms with E-state index in [2.05, 4.69) is 66.3 Å². The largest absolute Gasteiger partial charge is 0.493 e. The quantitative estimate of drug-likeness (QED) is 0.0377. The molecule has 3 amide bonds. The molecule has 0 unspecified atom stereocenters. The fourth-order valence-corrected chi connectivity index (χ4v) is 13.9. The molecule has 5 aromatic carbocycles. The van der Waals surface area contributed by atoms with Gasteiger partial charge in [0, 0.05) is 97.1 Å². The molecule has 0 spiro atoms. The third kappa shape index (κ3) is 13.6. The molecule has 4 heterocycles. The van der Waals surface area contributed by atoms with E-state index in [9.17, 15) is 14.4 Å². The second-order valence-corrected chi connectivity index (χ2v) is 24.8. The van der Waals surface area contributed by atoms with Gasteiger partial charge in [-0.05, 0) is 97.8 Å². The number of amides is 3. The van der Waals surface area contributed by atoms with E-state index in [1.54, 1.807) is 50.3 Å². The lowest BCUT2D eigenvalue weighted by atomic mass is 10.1. The zero-order valence-corrected chi connectivity index (χ0v) is 48.7. The fourth-order valence-electron chi connectivity index (χ4n) is 11.3. The van der Waals surface area contributed by atoms with Crippen molar-refractivity contribution in [2.45, 2.75) is 101 Å². The lowest BCUT2D eigenvalue weighted by Gasteiger charge is -2.34. The van der Waals surface area contributed by atoms with E-state index in [4.69, 9.17) is 38.2 Å². The number of para-hydroxylation sites is 2. The van der Waals surface area contributed by atoms with Gasteiger partial charge in [-0.25, -0.2) is 0 Å². The predicted molar refractivity (Wildman–Crippen MR) is 323 cm³/mol. The van der Waals surface area contributed by atoms with Gasteiger partial charge in [0.05, 0.1) is 81.8 Å². The molecule has 0 radical (unpaired) electrons. The minimum absolute atomic E-state index is 0.137. The summed E-state index contributed by atoms with van der Waals surface area (Å²) in [6.45, 7) is 12.7. The standard InChI is InChI=1S/C63H74N6O10S2/c1-41-55-32-45-15-8-12-19-54(45)69(55)62(72)50-34-57(75-6)59(36-52(50)65-41)79-39-43-28-42(38-78-58-35-51-49(33-56(58)74-5)61(71)68-48(37-64-51)31-44-14-7-11-18-53(44)68)29-47(30-43)67(21-22-76-25-26-77-24-23-73-4)40-63(2,3)81-80-27-13-20-60(70)66-46-16-9-10-17-46/h7-8,11-12,14-15,18-19,28-30,33-37,46,48,55,65H,1,9-10,13,16-17,20-27,31-32,38-40H2,2-6H3,(H,66,70)/t48-,55-/m0/s1. The molecule has 0 bridgehead atoms. The van der Waals surface area contributed by atoms with Crippen LogP contribution in [0.2, 0.25) is 0 Å². The van der Waals surface area contributed by atoms with Crippen LogP contribution < -0.4 is 44.3 Å². The molecule has 5 aromatic rings. The molecule has 81 heavy (non-hydrogen) atoms. The van der Waals surface area contributed by atoms with Crippen molar-refractivity contribution in [3.8, 4) is 23.0 Å². The van der Waals surface area contributed by atoms with Crippen molar-refractivity contribution in [1.82, 2.24) is 5.32 Å². The Morgan fingerprint density at radius 1 is 0.765 bits per heavy atom. The Labute approximate surface area is 483 Å². The Hall–Kier alpha value is -6.70. The first-order valence-electron chi connectivity index (χ1n) is 28.0. The second kappa shape index (κ2) is 26.5. The molecule has 1 saturated carbocycles.